The van der Waals surface area contributed by atoms with Crippen LogP contribution in [0.5, 0.6) is 0 Å². The van der Waals surface area contributed by atoms with E-state index in [2.05, 4.69) is 14.9 Å². The van der Waals surface area contributed by atoms with E-state index in [9.17, 15) is 13.2 Å². The highest BCUT2D eigenvalue weighted by Crippen LogP contribution is 2.15. The minimum atomic E-state index is -3.25. The van der Waals surface area contributed by atoms with Crippen LogP contribution in [0.3, 0.4) is 0 Å². The fraction of sp³-hybridized carbons (Fsp3) is 0.263. The Bertz CT molecular complexity index is 1040. The lowest BCUT2D eigenvalue weighted by molar-refractivity contribution is 0.0952. The van der Waals surface area contributed by atoms with E-state index in [-0.39, 0.29) is 10.8 Å². The number of hydrogen-bond acceptors (Lipinski definition) is 4. The number of fused-ring (bicyclic) bond motifs is 1. The first-order chi connectivity index (χ1) is 12.4. The first-order valence-electron chi connectivity index (χ1n) is 8.36. The van der Waals surface area contributed by atoms with E-state index in [1.54, 1.807) is 0 Å². The van der Waals surface area contributed by atoms with Crippen LogP contribution in [0.1, 0.15) is 22.6 Å². The Morgan fingerprint density at radius 1 is 1.12 bits per heavy atom. The number of carbonyl (C=O) groups excluding carboxylic acids is 1. The molecule has 26 heavy (non-hydrogen) atoms. The van der Waals surface area contributed by atoms with Crippen LogP contribution in [-0.4, -0.2) is 36.7 Å². The summed E-state index contributed by atoms with van der Waals surface area (Å²) < 4.78 is 25.0. The Hall–Kier alpha value is -2.67. The third-order valence-corrected chi connectivity index (χ3v) is 5.36. The van der Waals surface area contributed by atoms with Crippen LogP contribution in [0.25, 0.3) is 11.0 Å². The molecule has 2 aromatic carbocycles. The zero-order valence-corrected chi connectivity index (χ0v) is 15.6. The van der Waals surface area contributed by atoms with E-state index in [0.29, 0.717) is 12.1 Å². The SMILES string of the molecule is Cc1nc2ccccc2n1CCCNC(=O)c1ccc(S(C)(=O)=O)cc1. The van der Waals surface area contributed by atoms with Gasteiger partial charge in [0.1, 0.15) is 5.82 Å². The summed E-state index contributed by atoms with van der Waals surface area (Å²) in [6, 6.07) is 13.9. The van der Waals surface area contributed by atoms with Crippen LogP contribution >= 0.6 is 0 Å². The second-order valence-corrected chi connectivity index (χ2v) is 8.22. The lowest BCUT2D eigenvalue weighted by Crippen LogP contribution is -2.25. The molecule has 136 valence electrons. The van der Waals surface area contributed by atoms with Crippen molar-refractivity contribution in [2.45, 2.75) is 24.8 Å². The van der Waals surface area contributed by atoms with Crippen molar-refractivity contribution in [1.29, 1.82) is 0 Å². The van der Waals surface area contributed by atoms with Gasteiger partial charge in [0.15, 0.2) is 9.84 Å². The number of para-hydroxylation sites is 2. The number of rotatable bonds is 6. The summed E-state index contributed by atoms with van der Waals surface area (Å²) in [5.74, 6) is 0.742. The quantitative estimate of drug-likeness (QED) is 0.675. The molecule has 0 fully saturated rings. The van der Waals surface area contributed by atoms with Gasteiger partial charge < -0.3 is 9.88 Å². The van der Waals surface area contributed by atoms with Crippen LogP contribution in [0.4, 0.5) is 0 Å². The summed E-state index contributed by atoms with van der Waals surface area (Å²) in [7, 11) is -3.25. The number of hydrogen-bond donors (Lipinski definition) is 1. The van der Waals surface area contributed by atoms with Gasteiger partial charge in [0.05, 0.1) is 15.9 Å². The molecule has 0 aliphatic carbocycles. The highest BCUT2D eigenvalue weighted by atomic mass is 32.2. The Morgan fingerprint density at radius 2 is 1.81 bits per heavy atom. The molecule has 0 bridgehead atoms. The average Bonchev–Trinajstić information content (AvgIpc) is 2.93. The number of amides is 1. The molecule has 7 heteroatoms. The van der Waals surface area contributed by atoms with Gasteiger partial charge in [0, 0.05) is 24.9 Å². The fourth-order valence-electron chi connectivity index (χ4n) is 2.87. The highest BCUT2D eigenvalue weighted by Gasteiger charge is 2.10. The molecular weight excluding hydrogens is 350 g/mol. The molecule has 1 heterocycles. The van der Waals surface area contributed by atoms with Crippen molar-refractivity contribution in [3.05, 3.63) is 59.9 Å². The van der Waals surface area contributed by atoms with E-state index in [4.69, 9.17) is 0 Å². The van der Waals surface area contributed by atoms with Crippen LogP contribution in [0, 0.1) is 6.92 Å². The molecule has 0 aliphatic heterocycles. The van der Waals surface area contributed by atoms with Crippen molar-refractivity contribution in [3.63, 3.8) is 0 Å². The molecule has 3 rings (SSSR count). The fourth-order valence-corrected chi connectivity index (χ4v) is 3.50. The average molecular weight is 371 g/mol. The minimum Gasteiger partial charge on any atom is -0.352 e. The number of carbonyl (C=O) groups is 1. The third kappa shape index (κ3) is 3.94. The maximum absolute atomic E-state index is 12.2. The molecule has 0 atom stereocenters. The standard InChI is InChI=1S/C19H21N3O3S/c1-14-21-17-6-3-4-7-18(17)22(14)13-5-12-20-19(23)15-8-10-16(11-9-15)26(2,24)25/h3-4,6-11H,5,12-13H2,1-2H3,(H,20,23). The van der Waals surface area contributed by atoms with Gasteiger partial charge in [-0.3, -0.25) is 4.79 Å². The Morgan fingerprint density at radius 3 is 2.50 bits per heavy atom. The van der Waals surface area contributed by atoms with E-state index in [1.165, 1.54) is 24.3 Å². The largest absolute Gasteiger partial charge is 0.352 e. The molecule has 0 unspecified atom stereocenters. The molecule has 0 aliphatic rings. The number of imidazole rings is 1. The summed E-state index contributed by atoms with van der Waals surface area (Å²) in [6.07, 6.45) is 1.91. The number of sulfone groups is 1. The number of nitrogens with zero attached hydrogens (tertiary/aromatic N) is 2. The predicted molar refractivity (Wildman–Crippen MR) is 101 cm³/mol. The lowest BCUT2D eigenvalue weighted by Gasteiger charge is -2.08. The number of aromatic nitrogens is 2. The van der Waals surface area contributed by atoms with Crippen molar-refractivity contribution < 1.29 is 13.2 Å². The smallest absolute Gasteiger partial charge is 0.251 e. The van der Waals surface area contributed by atoms with Crippen molar-refractivity contribution in [2.75, 3.05) is 12.8 Å². The van der Waals surface area contributed by atoms with Crippen LogP contribution in [0.15, 0.2) is 53.4 Å². The van der Waals surface area contributed by atoms with Gasteiger partial charge in [-0.25, -0.2) is 13.4 Å². The van der Waals surface area contributed by atoms with Crippen molar-refractivity contribution in [3.8, 4) is 0 Å². The summed E-state index contributed by atoms with van der Waals surface area (Å²) in [5.41, 5.74) is 2.51. The normalized spacial score (nSPS) is 11.6. The zero-order valence-electron chi connectivity index (χ0n) is 14.8. The van der Waals surface area contributed by atoms with E-state index < -0.39 is 9.84 Å². The van der Waals surface area contributed by atoms with Gasteiger partial charge in [-0.05, 0) is 49.7 Å². The number of benzene rings is 2. The minimum absolute atomic E-state index is 0.205. The van der Waals surface area contributed by atoms with E-state index in [0.717, 1.165) is 36.1 Å². The maximum Gasteiger partial charge on any atom is 0.251 e. The van der Waals surface area contributed by atoms with Crippen molar-refractivity contribution in [2.24, 2.45) is 0 Å². The van der Waals surface area contributed by atoms with Gasteiger partial charge >= 0.3 is 0 Å². The summed E-state index contributed by atoms with van der Waals surface area (Å²) in [5, 5.41) is 2.86. The van der Waals surface area contributed by atoms with Crippen molar-refractivity contribution in [1.82, 2.24) is 14.9 Å². The van der Waals surface area contributed by atoms with Gasteiger partial charge in [0.25, 0.3) is 5.91 Å². The number of nitrogens with one attached hydrogen (secondary N) is 1. The third-order valence-electron chi connectivity index (χ3n) is 4.23. The topological polar surface area (TPSA) is 81.1 Å². The molecule has 1 N–H and O–H groups in total. The van der Waals surface area contributed by atoms with Crippen LogP contribution < -0.4 is 5.32 Å². The Balaban J connectivity index is 1.56. The molecule has 6 nitrogen and oxygen atoms in total. The molecular formula is C19H21N3O3S. The van der Waals surface area contributed by atoms with Crippen molar-refractivity contribution >= 4 is 26.8 Å². The van der Waals surface area contributed by atoms with Gasteiger partial charge in [-0.1, -0.05) is 12.1 Å². The maximum atomic E-state index is 12.2. The molecule has 1 amide bonds. The first-order valence-corrected chi connectivity index (χ1v) is 10.3. The Labute approximate surface area is 152 Å². The highest BCUT2D eigenvalue weighted by molar-refractivity contribution is 7.90. The molecule has 1 aromatic heterocycles. The second kappa shape index (κ2) is 7.29. The van der Waals surface area contributed by atoms with Gasteiger partial charge in [-0.2, -0.15) is 0 Å². The molecule has 0 saturated heterocycles. The molecule has 0 radical (unpaired) electrons. The summed E-state index contributed by atoms with van der Waals surface area (Å²) >= 11 is 0. The first kappa shape index (κ1) is 18.1. The van der Waals surface area contributed by atoms with Gasteiger partial charge in [-0.15, -0.1) is 0 Å². The van der Waals surface area contributed by atoms with Crippen LogP contribution in [0.2, 0.25) is 0 Å². The van der Waals surface area contributed by atoms with E-state index >= 15 is 0 Å². The summed E-state index contributed by atoms with van der Waals surface area (Å²) in [4.78, 5) is 16.9. The zero-order chi connectivity index (χ0) is 18.7. The predicted octanol–water partition coefficient (Wildman–Crippen LogP) is 2.57. The molecule has 0 saturated carbocycles. The second-order valence-electron chi connectivity index (χ2n) is 6.21. The number of aryl methyl sites for hydroxylation is 2. The summed E-state index contributed by atoms with van der Waals surface area (Å²) in [6.45, 7) is 3.26. The monoisotopic (exact) mass is 371 g/mol. The Kier molecular flexibility index (Phi) is 5.08. The van der Waals surface area contributed by atoms with Crippen LogP contribution in [-0.2, 0) is 16.4 Å². The molecule has 3 aromatic rings. The molecule has 0 spiro atoms. The lowest BCUT2D eigenvalue weighted by atomic mass is 10.2. The van der Waals surface area contributed by atoms with E-state index in [1.807, 2.05) is 31.2 Å². The van der Waals surface area contributed by atoms with Gasteiger partial charge in [0.2, 0.25) is 0 Å².